The number of nitrogens with zero attached hydrogens (tertiary/aromatic N) is 3. The summed E-state index contributed by atoms with van der Waals surface area (Å²) in [7, 11) is 2.90. The van der Waals surface area contributed by atoms with Crippen molar-refractivity contribution in [3.63, 3.8) is 0 Å². The third-order valence-electron chi connectivity index (χ3n) is 4.53. The lowest BCUT2D eigenvalue weighted by Crippen LogP contribution is -2.33. The largest absolute Gasteiger partial charge is 0.475 e. The van der Waals surface area contributed by atoms with Crippen LogP contribution in [0.4, 0.5) is 17.1 Å². The van der Waals surface area contributed by atoms with E-state index in [0.717, 1.165) is 45.3 Å². The molecule has 10 heteroatoms. The predicted octanol–water partition coefficient (Wildman–Crippen LogP) is 2.82. The summed E-state index contributed by atoms with van der Waals surface area (Å²) in [6, 6.07) is 2.24. The van der Waals surface area contributed by atoms with Gasteiger partial charge in [0.1, 0.15) is 5.69 Å². The van der Waals surface area contributed by atoms with Gasteiger partial charge in [-0.15, -0.1) is 0 Å². The summed E-state index contributed by atoms with van der Waals surface area (Å²) in [5.41, 5.74) is -0.705. The summed E-state index contributed by atoms with van der Waals surface area (Å²) in [4.78, 5) is 34.3. The molecule has 0 unspecified atom stereocenters. The molecule has 0 spiro atoms. The molecule has 0 aromatic heterocycles. The Morgan fingerprint density at radius 3 is 2.31 bits per heavy atom. The maximum atomic E-state index is 11.4. The van der Waals surface area contributed by atoms with Gasteiger partial charge in [-0.3, -0.25) is 20.2 Å². The Labute approximate surface area is 150 Å². The Balaban J connectivity index is 2.44. The van der Waals surface area contributed by atoms with Crippen LogP contribution in [0.5, 0.6) is 5.75 Å². The SMILES string of the molecule is COC(=O)COc1cc(N(C)C2CCCCC2)c([N+](=O)[O-])cc1[N+](=O)[O-]. The van der Waals surface area contributed by atoms with Gasteiger partial charge in [-0.1, -0.05) is 19.3 Å². The van der Waals surface area contributed by atoms with Gasteiger partial charge in [0.2, 0.25) is 0 Å². The molecule has 0 atom stereocenters. The predicted molar refractivity (Wildman–Crippen MR) is 92.5 cm³/mol. The van der Waals surface area contributed by atoms with Crippen LogP contribution in [0.25, 0.3) is 0 Å². The fourth-order valence-corrected chi connectivity index (χ4v) is 3.09. The Bertz CT molecular complexity index is 701. The lowest BCUT2D eigenvalue weighted by Gasteiger charge is -2.32. The highest BCUT2D eigenvalue weighted by molar-refractivity contribution is 5.74. The molecule has 1 aromatic carbocycles. The van der Waals surface area contributed by atoms with Gasteiger partial charge in [-0.05, 0) is 12.8 Å². The number of hydrogen-bond acceptors (Lipinski definition) is 8. The van der Waals surface area contributed by atoms with Crippen LogP contribution in [-0.2, 0) is 9.53 Å². The van der Waals surface area contributed by atoms with E-state index >= 15 is 0 Å². The third kappa shape index (κ3) is 4.38. The normalized spacial score (nSPS) is 14.5. The first-order chi connectivity index (χ1) is 12.3. The highest BCUT2D eigenvalue weighted by atomic mass is 16.6. The van der Waals surface area contributed by atoms with E-state index in [4.69, 9.17) is 4.74 Å². The molecular weight excluding hydrogens is 346 g/mol. The zero-order chi connectivity index (χ0) is 19.3. The van der Waals surface area contributed by atoms with Crippen LogP contribution in [0.3, 0.4) is 0 Å². The minimum absolute atomic E-state index is 0.109. The summed E-state index contributed by atoms with van der Waals surface area (Å²) < 4.78 is 9.65. The molecule has 1 aliphatic carbocycles. The van der Waals surface area contributed by atoms with E-state index in [1.807, 2.05) is 0 Å². The molecule has 0 amide bonds. The van der Waals surface area contributed by atoms with E-state index in [9.17, 15) is 25.0 Å². The number of hydrogen-bond donors (Lipinski definition) is 0. The standard InChI is InChI=1S/C16H21N3O7/c1-17(11-6-4-3-5-7-11)12-9-15(26-10-16(20)25-2)14(19(23)24)8-13(12)18(21)22/h8-9,11H,3-7,10H2,1-2H3. The minimum atomic E-state index is -0.774. The fourth-order valence-electron chi connectivity index (χ4n) is 3.09. The van der Waals surface area contributed by atoms with Gasteiger partial charge in [0.25, 0.3) is 5.69 Å². The van der Waals surface area contributed by atoms with Crippen LogP contribution in [0.1, 0.15) is 32.1 Å². The van der Waals surface area contributed by atoms with Gasteiger partial charge in [-0.2, -0.15) is 0 Å². The maximum absolute atomic E-state index is 11.4. The Hall–Kier alpha value is -2.91. The van der Waals surface area contributed by atoms with Crippen molar-refractivity contribution in [2.75, 3.05) is 25.7 Å². The van der Waals surface area contributed by atoms with Crippen molar-refractivity contribution in [3.05, 3.63) is 32.4 Å². The van der Waals surface area contributed by atoms with Crippen LogP contribution >= 0.6 is 0 Å². The number of carbonyl (C=O) groups is 1. The van der Waals surface area contributed by atoms with Gasteiger partial charge in [0, 0.05) is 19.2 Å². The molecule has 1 saturated carbocycles. The van der Waals surface area contributed by atoms with Gasteiger partial charge in [-0.25, -0.2) is 4.79 Å². The molecule has 0 aliphatic heterocycles. The molecular formula is C16H21N3O7. The van der Waals surface area contributed by atoms with E-state index < -0.39 is 28.1 Å². The van der Waals surface area contributed by atoms with Crippen molar-refractivity contribution in [2.24, 2.45) is 0 Å². The second-order valence-electron chi connectivity index (χ2n) is 6.09. The number of rotatable bonds is 7. The van der Waals surface area contributed by atoms with Gasteiger partial charge in [0.05, 0.1) is 23.0 Å². The molecule has 10 nitrogen and oxygen atoms in total. The number of benzene rings is 1. The van der Waals surface area contributed by atoms with Crippen LogP contribution in [0.2, 0.25) is 0 Å². The van der Waals surface area contributed by atoms with E-state index in [2.05, 4.69) is 4.74 Å². The first-order valence-electron chi connectivity index (χ1n) is 8.24. The fraction of sp³-hybridized carbons (Fsp3) is 0.562. The number of esters is 1. The van der Waals surface area contributed by atoms with Crippen molar-refractivity contribution in [1.29, 1.82) is 0 Å². The summed E-state index contributed by atoms with van der Waals surface area (Å²) >= 11 is 0. The second kappa shape index (κ2) is 8.45. The Kier molecular flexibility index (Phi) is 6.31. The van der Waals surface area contributed by atoms with E-state index in [1.165, 1.54) is 6.07 Å². The minimum Gasteiger partial charge on any atom is -0.475 e. The smallest absolute Gasteiger partial charge is 0.343 e. The molecule has 0 radical (unpaired) electrons. The van der Waals surface area contributed by atoms with Crippen molar-refractivity contribution in [2.45, 2.75) is 38.1 Å². The number of ether oxygens (including phenoxy) is 2. The first kappa shape index (κ1) is 19.4. The zero-order valence-corrected chi connectivity index (χ0v) is 14.7. The number of anilines is 1. The number of carbonyl (C=O) groups excluding carboxylic acids is 1. The summed E-state index contributed by atoms with van der Waals surface area (Å²) in [6.07, 6.45) is 4.97. The number of methoxy groups -OCH3 is 1. The van der Waals surface area contributed by atoms with E-state index in [-0.39, 0.29) is 23.2 Å². The topological polar surface area (TPSA) is 125 Å². The van der Waals surface area contributed by atoms with Gasteiger partial charge >= 0.3 is 11.7 Å². The van der Waals surface area contributed by atoms with Crippen LogP contribution in [0, 0.1) is 20.2 Å². The Morgan fingerprint density at radius 1 is 1.15 bits per heavy atom. The lowest BCUT2D eigenvalue weighted by molar-refractivity contribution is -0.394. The molecule has 1 aliphatic rings. The maximum Gasteiger partial charge on any atom is 0.343 e. The summed E-state index contributed by atoms with van der Waals surface area (Å²) in [5.74, 6) is -0.913. The molecule has 0 N–H and O–H groups in total. The van der Waals surface area contributed by atoms with Crippen LogP contribution in [-0.4, -0.2) is 42.6 Å². The molecule has 1 fully saturated rings. The molecule has 142 valence electrons. The van der Waals surface area contributed by atoms with Crippen molar-refractivity contribution in [1.82, 2.24) is 0 Å². The van der Waals surface area contributed by atoms with Gasteiger partial charge < -0.3 is 14.4 Å². The monoisotopic (exact) mass is 367 g/mol. The number of nitro benzene ring substituents is 2. The first-order valence-corrected chi connectivity index (χ1v) is 8.24. The third-order valence-corrected chi connectivity index (χ3v) is 4.53. The highest BCUT2D eigenvalue weighted by Crippen LogP contribution is 2.41. The average Bonchev–Trinajstić information content (AvgIpc) is 2.65. The quantitative estimate of drug-likeness (QED) is 0.409. The lowest BCUT2D eigenvalue weighted by atomic mass is 9.94. The average molecular weight is 367 g/mol. The van der Waals surface area contributed by atoms with Gasteiger partial charge in [0.15, 0.2) is 12.4 Å². The molecule has 0 bridgehead atoms. The van der Waals surface area contributed by atoms with Crippen LogP contribution < -0.4 is 9.64 Å². The van der Waals surface area contributed by atoms with E-state index in [0.29, 0.717) is 0 Å². The summed E-state index contributed by atoms with van der Waals surface area (Å²) in [6.45, 7) is -0.526. The Morgan fingerprint density at radius 2 is 1.77 bits per heavy atom. The molecule has 2 rings (SSSR count). The molecule has 0 saturated heterocycles. The van der Waals surface area contributed by atoms with Crippen molar-refractivity contribution >= 4 is 23.0 Å². The molecule has 0 heterocycles. The highest BCUT2D eigenvalue weighted by Gasteiger charge is 2.30. The second-order valence-corrected chi connectivity index (χ2v) is 6.09. The molecule has 1 aromatic rings. The van der Waals surface area contributed by atoms with Crippen molar-refractivity contribution < 1.29 is 24.1 Å². The van der Waals surface area contributed by atoms with Crippen molar-refractivity contribution in [3.8, 4) is 5.75 Å². The summed E-state index contributed by atoms with van der Waals surface area (Å²) in [5, 5.41) is 22.7. The van der Waals surface area contributed by atoms with E-state index in [1.54, 1.807) is 11.9 Å². The zero-order valence-electron chi connectivity index (χ0n) is 14.7. The van der Waals surface area contributed by atoms with Crippen LogP contribution in [0.15, 0.2) is 12.1 Å². The molecule has 26 heavy (non-hydrogen) atoms. The number of nitro groups is 2.